The predicted octanol–water partition coefficient (Wildman–Crippen LogP) is 9.83. The van der Waals surface area contributed by atoms with E-state index in [1.807, 2.05) is 68.8 Å². The third-order valence-corrected chi connectivity index (χ3v) is 13.3. The maximum atomic E-state index is 12.0. The third-order valence-electron chi connectivity index (χ3n) is 9.88. The van der Waals surface area contributed by atoms with Gasteiger partial charge in [-0.1, -0.05) is 36.5 Å². The number of rotatable bonds is 14. The molecule has 16 nitrogen and oxygen atoms in total. The number of nitrogens with zero attached hydrogens (tertiary/aromatic N) is 8. The van der Waals surface area contributed by atoms with E-state index in [0.29, 0.717) is 46.1 Å². The van der Waals surface area contributed by atoms with Crippen LogP contribution in [0.5, 0.6) is 0 Å². The Hall–Kier alpha value is -6.32. The van der Waals surface area contributed by atoms with Crippen molar-refractivity contribution in [3.05, 3.63) is 108 Å². The second-order valence-corrected chi connectivity index (χ2v) is 19.8. The summed E-state index contributed by atoms with van der Waals surface area (Å²) < 4.78 is 13.6. The van der Waals surface area contributed by atoms with Crippen LogP contribution in [0, 0.1) is 0 Å². The second kappa shape index (κ2) is 22.4. The summed E-state index contributed by atoms with van der Waals surface area (Å²) in [5.74, 6) is 2.76. The van der Waals surface area contributed by atoms with Gasteiger partial charge >= 0.3 is 12.1 Å². The second-order valence-electron chi connectivity index (χ2n) is 15.5. The smallest absolute Gasteiger partial charge is 0.321 e. The Bertz CT molecular complexity index is 3030. The van der Waals surface area contributed by atoms with Crippen molar-refractivity contribution in [2.75, 3.05) is 36.2 Å². The number of carbonyl (C=O) groups excluding carboxylic acids is 2. The molecule has 8 aromatic rings. The van der Waals surface area contributed by atoms with Crippen molar-refractivity contribution in [1.29, 1.82) is 0 Å². The van der Waals surface area contributed by atoms with Crippen LogP contribution in [0.3, 0.4) is 0 Å². The van der Waals surface area contributed by atoms with Crippen LogP contribution in [0.2, 0.25) is 0 Å². The predicted molar refractivity (Wildman–Crippen MR) is 273 cm³/mol. The monoisotopic (exact) mass is 974 g/mol. The average molecular weight is 975 g/mol. The highest BCUT2D eigenvalue weighted by molar-refractivity contribution is 7.97. The number of hydrogen-bond acceptors (Lipinski definition) is 15. The average Bonchev–Trinajstić information content (AvgIpc) is 3.91. The molecule has 0 radical (unpaired) electrons. The number of urea groups is 2. The number of nitrogens with one attached hydrogen (secondary N) is 4. The fourth-order valence-corrected chi connectivity index (χ4v) is 9.89. The van der Waals surface area contributed by atoms with Gasteiger partial charge in [0.2, 0.25) is 0 Å². The van der Waals surface area contributed by atoms with Gasteiger partial charge in [0, 0.05) is 107 Å². The first-order valence-corrected chi connectivity index (χ1v) is 26.1. The van der Waals surface area contributed by atoms with Crippen LogP contribution in [-0.2, 0) is 22.3 Å². The van der Waals surface area contributed by atoms with Crippen LogP contribution in [0.25, 0.3) is 65.2 Å². The number of aromatic nitrogens is 8. The van der Waals surface area contributed by atoms with Crippen molar-refractivity contribution < 1.29 is 18.9 Å². The van der Waals surface area contributed by atoms with E-state index in [0.717, 1.165) is 71.1 Å². The van der Waals surface area contributed by atoms with Gasteiger partial charge < -0.3 is 15.7 Å². The number of pyridine rings is 2. The Labute approximate surface area is 402 Å². The zero-order valence-corrected chi connectivity index (χ0v) is 41.2. The molecule has 0 saturated carbocycles. The van der Waals surface area contributed by atoms with Crippen molar-refractivity contribution >= 4 is 88.0 Å². The molecule has 67 heavy (non-hydrogen) atoms. The van der Waals surface area contributed by atoms with Crippen molar-refractivity contribution in [3.63, 3.8) is 0 Å². The van der Waals surface area contributed by atoms with E-state index in [-0.39, 0.29) is 18.0 Å². The van der Waals surface area contributed by atoms with Gasteiger partial charge in [0.1, 0.15) is 11.9 Å². The Morgan fingerprint density at radius 1 is 0.672 bits per heavy atom. The Kier molecular flexibility index (Phi) is 16.3. The maximum absolute atomic E-state index is 12.0. The van der Waals surface area contributed by atoms with Gasteiger partial charge in [-0.2, -0.15) is 11.8 Å². The molecular weight excluding hydrogens is 925 g/mol. The Morgan fingerprint density at radius 3 is 1.57 bits per heavy atom. The number of hydrogen-bond donors (Lipinski definition) is 5. The first-order chi connectivity index (χ1) is 32.3. The van der Waals surface area contributed by atoms with Crippen LogP contribution >= 0.6 is 34.4 Å². The molecule has 6 heterocycles. The summed E-state index contributed by atoms with van der Waals surface area (Å²) >= 11 is 4.57. The van der Waals surface area contributed by atoms with Gasteiger partial charge in [-0.25, -0.2) is 39.5 Å². The van der Waals surface area contributed by atoms with Gasteiger partial charge in [-0.05, 0) is 97.8 Å². The van der Waals surface area contributed by atoms with Crippen LogP contribution in [0.15, 0.2) is 85.7 Å². The molecule has 4 amide bonds. The highest BCUT2D eigenvalue weighted by Crippen LogP contribution is 2.40. The highest BCUT2D eigenvalue weighted by atomic mass is 32.2. The standard InChI is InChI=1S/C24H26N6OS2.C23H24N6O3S2/c1-5-25-23(31)30-24-29-20-10-16(17-11-27-22(14(2)3)28-12-17)9-18(21(20)33-24)19-8-15(13-32-4)6-7-26-19;1-4-24-22(31)29-23-28-19-9-15(16-10-26-21(13(2)30)27-11-16)8-17(20(19)33-23)18-7-14(5-6-25-18)12-34(3)32/h6-12,14H,5,13H2,1-4H3,(H2,25,29,30,31);5-11,13,30H,4,12H2,1-3H3,(H2,24,28,29,31). The number of anilines is 2. The lowest BCUT2D eigenvalue weighted by Gasteiger charge is -2.09. The molecule has 346 valence electrons. The molecule has 0 spiro atoms. The van der Waals surface area contributed by atoms with E-state index in [9.17, 15) is 18.9 Å². The molecule has 0 aliphatic carbocycles. The fraction of sp³-hybridized carbons (Fsp3) is 0.277. The molecule has 20 heteroatoms. The normalized spacial score (nSPS) is 12.1. The number of thioether (sulfide) groups is 1. The van der Waals surface area contributed by atoms with Crippen LogP contribution < -0.4 is 21.3 Å². The quantitative estimate of drug-likeness (QED) is 0.0685. The molecule has 2 unspecified atom stereocenters. The molecular formula is C47H50N12O4S4. The van der Waals surface area contributed by atoms with E-state index in [1.165, 1.54) is 28.2 Å². The van der Waals surface area contributed by atoms with Gasteiger partial charge in [0.25, 0.3) is 0 Å². The Balaban J connectivity index is 0.000000199. The number of amides is 4. The van der Waals surface area contributed by atoms with Crippen molar-refractivity contribution in [2.45, 2.75) is 58.1 Å². The number of aliphatic hydroxyl groups excluding tert-OH is 1. The highest BCUT2D eigenvalue weighted by Gasteiger charge is 2.19. The summed E-state index contributed by atoms with van der Waals surface area (Å²) in [5, 5.41) is 21.8. The molecule has 6 aromatic heterocycles. The van der Waals surface area contributed by atoms with Crippen LogP contribution in [0.4, 0.5) is 19.9 Å². The van der Waals surface area contributed by atoms with Crippen molar-refractivity contribution in [2.24, 2.45) is 0 Å². The van der Waals surface area contributed by atoms with E-state index in [4.69, 9.17) is 0 Å². The van der Waals surface area contributed by atoms with Crippen molar-refractivity contribution in [3.8, 4) is 44.8 Å². The summed E-state index contributed by atoms with van der Waals surface area (Å²) in [6.45, 7) is 10.5. The van der Waals surface area contributed by atoms with E-state index in [1.54, 1.807) is 43.5 Å². The molecule has 0 fully saturated rings. The minimum absolute atomic E-state index is 0.266. The molecule has 2 aromatic carbocycles. The summed E-state index contributed by atoms with van der Waals surface area (Å²) in [4.78, 5) is 60.2. The molecule has 0 aliphatic rings. The van der Waals surface area contributed by atoms with Gasteiger partial charge in [0.05, 0.1) is 31.8 Å². The number of thiazole rings is 2. The minimum atomic E-state index is -0.982. The molecule has 0 saturated heterocycles. The fourth-order valence-electron chi connectivity index (χ4n) is 6.80. The van der Waals surface area contributed by atoms with Gasteiger partial charge in [-0.15, -0.1) is 0 Å². The van der Waals surface area contributed by atoms with Gasteiger partial charge in [0.15, 0.2) is 16.1 Å². The first kappa shape index (κ1) is 48.6. The topological polar surface area (TPSA) is 223 Å². The molecule has 2 atom stereocenters. The molecule has 5 N–H and O–H groups in total. The summed E-state index contributed by atoms with van der Waals surface area (Å²) in [6, 6.07) is 15.3. The third kappa shape index (κ3) is 12.4. The van der Waals surface area contributed by atoms with E-state index < -0.39 is 16.9 Å². The Morgan fingerprint density at radius 2 is 1.13 bits per heavy atom. The van der Waals surface area contributed by atoms with E-state index >= 15 is 0 Å². The molecule has 0 bridgehead atoms. The van der Waals surface area contributed by atoms with E-state index in [2.05, 4.69) is 93.4 Å². The minimum Gasteiger partial charge on any atom is -0.385 e. The lowest BCUT2D eigenvalue weighted by molar-refractivity contribution is 0.189. The number of fused-ring (bicyclic) bond motifs is 2. The van der Waals surface area contributed by atoms with Crippen LogP contribution in [-0.4, -0.2) is 86.9 Å². The summed E-state index contributed by atoms with van der Waals surface area (Å²) in [7, 11) is -0.982. The number of aliphatic hydroxyl groups is 1. The largest absolute Gasteiger partial charge is 0.385 e. The SMILES string of the molecule is CCNC(=O)Nc1nc2cc(-c3cnc(C(C)C)nc3)cc(-c3cc(CSC)ccn3)c2s1.CCNC(=O)Nc1nc2cc(-c3cnc(C(C)O)nc3)cc(-c3cc(CS(C)=O)ccn3)c2s1. The van der Waals surface area contributed by atoms with Crippen LogP contribution in [0.1, 0.15) is 69.4 Å². The summed E-state index contributed by atoms with van der Waals surface area (Å²) in [6.07, 6.45) is 13.6. The van der Waals surface area contributed by atoms with Gasteiger partial charge in [-0.3, -0.25) is 24.8 Å². The zero-order valence-electron chi connectivity index (χ0n) is 37.9. The lowest BCUT2D eigenvalue weighted by Crippen LogP contribution is -2.28. The zero-order chi connectivity index (χ0) is 47.6. The maximum Gasteiger partial charge on any atom is 0.321 e. The first-order valence-electron chi connectivity index (χ1n) is 21.3. The van der Waals surface area contributed by atoms with Crippen molar-refractivity contribution in [1.82, 2.24) is 50.5 Å². The number of benzene rings is 2. The molecule has 0 aliphatic heterocycles. The lowest BCUT2D eigenvalue weighted by atomic mass is 10.0. The summed E-state index contributed by atoms with van der Waals surface area (Å²) in [5.41, 5.74) is 10.4. The number of carbonyl (C=O) groups is 2. The molecule has 8 rings (SSSR count).